The minimum Gasteiger partial charge on any atom is -0.389 e. The second-order valence-electron chi connectivity index (χ2n) is 5.27. The van der Waals surface area contributed by atoms with Crippen molar-refractivity contribution in [1.29, 1.82) is 0 Å². The van der Waals surface area contributed by atoms with E-state index in [2.05, 4.69) is 0 Å². The average molecular weight is 285 g/mol. The van der Waals surface area contributed by atoms with E-state index in [0.717, 1.165) is 6.26 Å². The molecule has 0 aliphatic heterocycles. The Morgan fingerprint density at radius 3 is 2.42 bits per heavy atom. The summed E-state index contributed by atoms with van der Waals surface area (Å²) in [6, 6.07) is 5.88. The van der Waals surface area contributed by atoms with Gasteiger partial charge < -0.3 is 10.0 Å². The van der Waals surface area contributed by atoms with Crippen LogP contribution in [0.15, 0.2) is 29.2 Å². The highest BCUT2D eigenvalue weighted by Crippen LogP contribution is 2.14. The predicted molar refractivity (Wildman–Crippen MR) is 72.8 cm³/mol. The summed E-state index contributed by atoms with van der Waals surface area (Å²) in [6.45, 7) is 3.36. The number of amides is 1. The van der Waals surface area contributed by atoms with Crippen molar-refractivity contribution in [2.45, 2.75) is 24.3 Å². The third kappa shape index (κ3) is 4.65. The van der Waals surface area contributed by atoms with Gasteiger partial charge in [0.25, 0.3) is 5.91 Å². The van der Waals surface area contributed by atoms with Crippen LogP contribution in [-0.2, 0) is 9.84 Å². The number of rotatable bonds is 4. The molecule has 0 spiro atoms. The Morgan fingerprint density at radius 2 is 1.95 bits per heavy atom. The summed E-state index contributed by atoms with van der Waals surface area (Å²) in [5.41, 5.74) is -0.714. The van der Waals surface area contributed by atoms with Crippen LogP contribution in [0.2, 0.25) is 0 Å². The van der Waals surface area contributed by atoms with E-state index in [-0.39, 0.29) is 22.9 Å². The van der Waals surface area contributed by atoms with Crippen LogP contribution in [0.4, 0.5) is 0 Å². The van der Waals surface area contributed by atoms with Crippen LogP contribution >= 0.6 is 0 Å². The zero-order valence-electron chi connectivity index (χ0n) is 11.5. The van der Waals surface area contributed by atoms with Gasteiger partial charge >= 0.3 is 0 Å². The molecule has 5 nitrogen and oxygen atoms in total. The molecule has 106 valence electrons. The van der Waals surface area contributed by atoms with Gasteiger partial charge in [-0.1, -0.05) is 6.07 Å². The second kappa shape index (κ2) is 5.30. The van der Waals surface area contributed by atoms with E-state index in [4.69, 9.17) is 0 Å². The topological polar surface area (TPSA) is 74.7 Å². The summed E-state index contributed by atoms with van der Waals surface area (Å²) < 4.78 is 22.9. The van der Waals surface area contributed by atoms with Crippen molar-refractivity contribution < 1.29 is 18.3 Å². The molecule has 0 bridgehead atoms. The molecule has 0 radical (unpaired) electrons. The minimum absolute atomic E-state index is 0.106. The Morgan fingerprint density at radius 1 is 1.37 bits per heavy atom. The molecule has 0 atom stereocenters. The molecule has 1 amide bonds. The number of carbonyl (C=O) groups is 1. The lowest BCUT2D eigenvalue weighted by Crippen LogP contribution is -2.39. The number of likely N-dealkylation sites (N-methyl/N-ethyl adjacent to an activating group) is 1. The Hall–Kier alpha value is -1.40. The molecule has 0 saturated carbocycles. The molecule has 19 heavy (non-hydrogen) atoms. The van der Waals surface area contributed by atoms with Crippen molar-refractivity contribution in [3.63, 3.8) is 0 Å². The van der Waals surface area contributed by atoms with Gasteiger partial charge in [-0.2, -0.15) is 0 Å². The van der Waals surface area contributed by atoms with Crippen molar-refractivity contribution in [1.82, 2.24) is 4.90 Å². The predicted octanol–water partition coefficient (Wildman–Crippen LogP) is 0.933. The zero-order valence-corrected chi connectivity index (χ0v) is 12.4. The van der Waals surface area contributed by atoms with E-state index in [9.17, 15) is 18.3 Å². The smallest absolute Gasteiger partial charge is 0.253 e. The number of aliphatic hydroxyl groups is 1. The molecule has 1 rings (SSSR count). The van der Waals surface area contributed by atoms with Crippen LogP contribution in [0.25, 0.3) is 0 Å². The molecule has 0 aliphatic rings. The number of hydrogen-bond donors (Lipinski definition) is 1. The number of nitrogens with zero attached hydrogens (tertiary/aromatic N) is 1. The van der Waals surface area contributed by atoms with Crippen LogP contribution in [-0.4, -0.2) is 49.8 Å². The lowest BCUT2D eigenvalue weighted by atomic mass is 10.1. The first kappa shape index (κ1) is 15.7. The van der Waals surface area contributed by atoms with Crippen molar-refractivity contribution in [2.75, 3.05) is 19.8 Å². The van der Waals surface area contributed by atoms with Gasteiger partial charge in [0.15, 0.2) is 9.84 Å². The summed E-state index contributed by atoms with van der Waals surface area (Å²) in [5.74, 6) is -0.326. The zero-order chi connectivity index (χ0) is 14.8. The van der Waals surface area contributed by atoms with Crippen LogP contribution in [0.1, 0.15) is 24.2 Å². The summed E-state index contributed by atoms with van der Waals surface area (Å²) in [6.07, 6.45) is 1.09. The van der Waals surface area contributed by atoms with Gasteiger partial charge in [-0.15, -0.1) is 0 Å². The van der Waals surface area contributed by atoms with E-state index in [0.29, 0.717) is 0 Å². The highest BCUT2D eigenvalue weighted by molar-refractivity contribution is 7.90. The van der Waals surface area contributed by atoms with Crippen molar-refractivity contribution in [2.24, 2.45) is 0 Å². The van der Waals surface area contributed by atoms with Crippen molar-refractivity contribution in [3.05, 3.63) is 29.8 Å². The first-order valence-electron chi connectivity index (χ1n) is 5.79. The second-order valence-corrected chi connectivity index (χ2v) is 7.29. The number of benzene rings is 1. The fourth-order valence-electron chi connectivity index (χ4n) is 1.73. The lowest BCUT2D eigenvalue weighted by molar-refractivity contribution is 0.0368. The van der Waals surface area contributed by atoms with E-state index in [1.165, 1.54) is 23.1 Å². The molecule has 0 aromatic heterocycles. The standard InChI is InChI=1S/C13H19NO4S/c1-13(2,16)9-14(3)12(15)10-6-5-7-11(8-10)19(4,17)18/h5-8,16H,9H2,1-4H3. The molecule has 0 aliphatic carbocycles. The molecule has 0 saturated heterocycles. The highest BCUT2D eigenvalue weighted by Gasteiger charge is 2.21. The molecular weight excluding hydrogens is 266 g/mol. The number of carbonyl (C=O) groups excluding carboxylic acids is 1. The van der Waals surface area contributed by atoms with E-state index < -0.39 is 15.4 Å². The third-order valence-corrected chi connectivity index (χ3v) is 3.59. The van der Waals surface area contributed by atoms with E-state index in [1.807, 2.05) is 0 Å². The average Bonchev–Trinajstić information content (AvgIpc) is 2.24. The molecule has 6 heteroatoms. The number of hydrogen-bond acceptors (Lipinski definition) is 4. The maximum absolute atomic E-state index is 12.1. The van der Waals surface area contributed by atoms with E-state index in [1.54, 1.807) is 27.0 Å². The van der Waals surface area contributed by atoms with Crippen molar-refractivity contribution >= 4 is 15.7 Å². The first-order valence-corrected chi connectivity index (χ1v) is 7.68. The molecular formula is C13H19NO4S. The third-order valence-electron chi connectivity index (χ3n) is 2.48. The summed E-state index contributed by atoms with van der Waals surface area (Å²) in [5, 5.41) is 9.68. The monoisotopic (exact) mass is 285 g/mol. The summed E-state index contributed by atoms with van der Waals surface area (Å²) >= 11 is 0. The van der Waals surface area contributed by atoms with Gasteiger partial charge in [-0.05, 0) is 32.0 Å². The molecule has 1 N–H and O–H groups in total. The molecule has 0 heterocycles. The first-order chi connectivity index (χ1) is 8.50. The van der Waals surface area contributed by atoms with Crippen LogP contribution < -0.4 is 0 Å². The quantitative estimate of drug-likeness (QED) is 0.893. The van der Waals surface area contributed by atoms with Crippen LogP contribution in [0.3, 0.4) is 0 Å². The Labute approximate surface area is 113 Å². The van der Waals surface area contributed by atoms with E-state index >= 15 is 0 Å². The Bertz CT molecular complexity index is 573. The van der Waals surface area contributed by atoms with Gasteiger partial charge in [0.2, 0.25) is 0 Å². The van der Waals surface area contributed by atoms with Gasteiger partial charge in [0, 0.05) is 25.4 Å². The SMILES string of the molecule is CN(CC(C)(C)O)C(=O)c1cccc(S(C)(=O)=O)c1. The fraction of sp³-hybridized carbons (Fsp3) is 0.462. The maximum Gasteiger partial charge on any atom is 0.253 e. The van der Waals surface area contributed by atoms with Gasteiger partial charge in [0.05, 0.1) is 10.5 Å². The van der Waals surface area contributed by atoms with Gasteiger partial charge in [0.1, 0.15) is 0 Å². The van der Waals surface area contributed by atoms with Crippen LogP contribution in [0.5, 0.6) is 0 Å². The molecule has 0 unspecified atom stereocenters. The number of sulfone groups is 1. The van der Waals surface area contributed by atoms with Gasteiger partial charge in [-0.25, -0.2) is 8.42 Å². The Balaban J connectivity index is 3.01. The Kier molecular flexibility index (Phi) is 4.37. The largest absolute Gasteiger partial charge is 0.389 e. The summed E-state index contributed by atoms with van der Waals surface area (Å²) in [4.78, 5) is 13.6. The van der Waals surface area contributed by atoms with Gasteiger partial charge in [-0.3, -0.25) is 4.79 Å². The fourth-order valence-corrected chi connectivity index (χ4v) is 2.40. The highest BCUT2D eigenvalue weighted by atomic mass is 32.2. The molecule has 1 aromatic carbocycles. The normalized spacial score (nSPS) is 12.3. The van der Waals surface area contributed by atoms with Crippen LogP contribution in [0, 0.1) is 0 Å². The lowest BCUT2D eigenvalue weighted by Gasteiger charge is -2.25. The van der Waals surface area contributed by atoms with Crippen molar-refractivity contribution in [3.8, 4) is 0 Å². The molecule has 0 fully saturated rings. The summed E-state index contributed by atoms with van der Waals surface area (Å²) in [7, 11) is -1.78. The molecule has 1 aromatic rings. The maximum atomic E-state index is 12.1. The minimum atomic E-state index is -3.34.